The Balaban J connectivity index is 2.49. The van der Waals surface area contributed by atoms with Crippen molar-refractivity contribution in [1.29, 1.82) is 0 Å². The van der Waals surface area contributed by atoms with E-state index in [1.165, 1.54) is 18.2 Å². The summed E-state index contributed by atoms with van der Waals surface area (Å²) in [7, 11) is 0. The number of alkyl halides is 1. The summed E-state index contributed by atoms with van der Waals surface area (Å²) in [6.07, 6.45) is 0. The fourth-order valence-electron chi connectivity index (χ4n) is 2.31. The van der Waals surface area contributed by atoms with Gasteiger partial charge in [-0.2, -0.15) is 0 Å². The monoisotopic (exact) mass is 280 g/mol. The number of rotatable bonds is 2. The van der Waals surface area contributed by atoms with Crippen LogP contribution in [0.3, 0.4) is 0 Å². The molecule has 0 aliphatic carbocycles. The van der Waals surface area contributed by atoms with Crippen molar-refractivity contribution >= 4 is 11.6 Å². The Morgan fingerprint density at radius 3 is 2.00 bits per heavy atom. The molecule has 0 saturated heterocycles. The lowest BCUT2D eigenvalue weighted by molar-refractivity contribution is 0.617. The van der Waals surface area contributed by atoms with Crippen LogP contribution < -0.4 is 0 Å². The molecule has 0 aromatic heterocycles. The van der Waals surface area contributed by atoms with E-state index >= 15 is 0 Å². The predicted octanol–water partition coefficient (Wildman–Crippen LogP) is 5.22. The van der Waals surface area contributed by atoms with Crippen molar-refractivity contribution in [3.8, 4) is 0 Å². The van der Waals surface area contributed by atoms with Crippen LogP contribution in [0.4, 0.5) is 8.78 Å². The van der Waals surface area contributed by atoms with E-state index < -0.39 is 5.38 Å². The molecule has 2 aromatic carbocycles. The highest BCUT2D eigenvalue weighted by Gasteiger charge is 2.17. The second-order valence-electron chi connectivity index (χ2n) is 4.82. The van der Waals surface area contributed by atoms with Gasteiger partial charge in [-0.25, -0.2) is 8.78 Å². The minimum absolute atomic E-state index is 0.250. The Morgan fingerprint density at radius 2 is 1.47 bits per heavy atom. The Morgan fingerprint density at radius 1 is 0.895 bits per heavy atom. The number of aryl methyl sites for hydroxylation is 3. The molecular formula is C16H15ClF2. The fraction of sp³-hybridized carbons (Fsp3) is 0.250. The largest absolute Gasteiger partial charge is 0.207 e. The van der Waals surface area contributed by atoms with Crippen molar-refractivity contribution in [2.75, 3.05) is 0 Å². The zero-order valence-electron chi connectivity index (χ0n) is 11.1. The van der Waals surface area contributed by atoms with Crippen molar-refractivity contribution in [3.63, 3.8) is 0 Å². The second kappa shape index (κ2) is 5.30. The van der Waals surface area contributed by atoms with Crippen LogP contribution in [-0.4, -0.2) is 0 Å². The molecule has 100 valence electrons. The molecule has 0 amide bonds. The van der Waals surface area contributed by atoms with Crippen molar-refractivity contribution in [1.82, 2.24) is 0 Å². The molecule has 2 rings (SSSR count). The van der Waals surface area contributed by atoms with Crippen LogP contribution in [0.2, 0.25) is 0 Å². The molecule has 0 nitrogen and oxygen atoms in total. The number of benzene rings is 2. The molecule has 0 bridgehead atoms. The SMILES string of the molecule is Cc1cc(C(Cl)c2c(C)cc(F)cc2C)ccc1F. The average molecular weight is 281 g/mol. The zero-order valence-corrected chi connectivity index (χ0v) is 11.9. The van der Waals surface area contributed by atoms with Gasteiger partial charge < -0.3 is 0 Å². The first-order valence-corrected chi connectivity index (χ1v) is 6.50. The van der Waals surface area contributed by atoms with Crippen LogP contribution in [0.5, 0.6) is 0 Å². The standard InChI is InChI=1S/C16H15ClF2/c1-9-6-12(4-5-14(9)19)16(17)15-10(2)7-13(18)8-11(15)3/h4-8,16H,1-3H3. The van der Waals surface area contributed by atoms with E-state index in [1.807, 2.05) is 13.8 Å². The second-order valence-corrected chi connectivity index (χ2v) is 5.26. The quantitative estimate of drug-likeness (QED) is 0.662. The third kappa shape index (κ3) is 2.79. The highest BCUT2D eigenvalue weighted by molar-refractivity contribution is 6.22. The summed E-state index contributed by atoms with van der Waals surface area (Å²) in [6.45, 7) is 5.36. The van der Waals surface area contributed by atoms with E-state index in [2.05, 4.69) is 0 Å². The maximum Gasteiger partial charge on any atom is 0.126 e. The maximum absolute atomic E-state index is 13.3. The third-order valence-electron chi connectivity index (χ3n) is 3.29. The molecule has 2 aromatic rings. The van der Waals surface area contributed by atoms with Gasteiger partial charge in [0.25, 0.3) is 0 Å². The molecule has 0 saturated carbocycles. The summed E-state index contributed by atoms with van der Waals surface area (Å²) < 4.78 is 26.6. The lowest BCUT2D eigenvalue weighted by atomic mass is 9.94. The van der Waals surface area contributed by atoms with Crippen LogP contribution in [0.25, 0.3) is 0 Å². The normalized spacial score (nSPS) is 12.5. The van der Waals surface area contributed by atoms with E-state index in [0.29, 0.717) is 5.56 Å². The Labute approximate surface area is 117 Å². The summed E-state index contributed by atoms with van der Waals surface area (Å²) in [5, 5.41) is -0.403. The first-order valence-electron chi connectivity index (χ1n) is 6.07. The van der Waals surface area contributed by atoms with Crippen molar-refractivity contribution < 1.29 is 8.78 Å². The van der Waals surface area contributed by atoms with Gasteiger partial charge in [-0.15, -0.1) is 11.6 Å². The minimum atomic E-state index is -0.403. The van der Waals surface area contributed by atoms with Gasteiger partial charge in [-0.1, -0.05) is 12.1 Å². The van der Waals surface area contributed by atoms with Gasteiger partial charge in [0.05, 0.1) is 5.38 Å². The number of hydrogen-bond acceptors (Lipinski definition) is 0. The predicted molar refractivity (Wildman–Crippen MR) is 74.7 cm³/mol. The molecule has 0 heterocycles. The van der Waals surface area contributed by atoms with Crippen LogP contribution in [-0.2, 0) is 0 Å². The van der Waals surface area contributed by atoms with E-state index in [4.69, 9.17) is 11.6 Å². The fourth-order valence-corrected chi connectivity index (χ4v) is 2.79. The minimum Gasteiger partial charge on any atom is -0.207 e. The lowest BCUT2D eigenvalue weighted by Crippen LogP contribution is -2.01. The summed E-state index contributed by atoms with van der Waals surface area (Å²) in [5.41, 5.74) is 3.87. The molecule has 0 radical (unpaired) electrons. The van der Waals surface area contributed by atoms with Gasteiger partial charge in [0.1, 0.15) is 11.6 Å². The zero-order chi connectivity index (χ0) is 14.2. The lowest BCUT2D eigenvalue weighted by Gasteiger charge is -2.17. The van der Waals surface area contributed by atoms with Crippen molar-refractivity contribution in [2.45, 2.75) is 26.1 Å². The average Bonchev–Trinajstić information content (AvgIpc) is 2.31. The van der Waals surface area contributed by atoms with E-state index in [9.17, 15) is 8.78 Å². The van der Waals surface area contributed by atoms with Gasteiger partial charge in [0.15, 0.2) is 0 Å². The smallest absolute Gasteiger partial charge is 0.126 e. The maximum atomic E-state index is 13.3. The first-order chi connectivity index (χ1) is 8.90. The van der Waals surface area contributed by atoms with Crippen LogP contribution in [0.1, 0.15) is 33.2 Å². The number of hydrogen-bond donors (Lipinski definition) is 0. The Hall–Kier alpha value is -1.41. The van der Waals surface area contributed by atoms with Gasteiger partial charge in [-0.05, 0) is 66.8 Å². The topological polar surface area (TPSA) is 0 Å². The summed E-state index contributed by atoms with van der Waals surface area (Å²) in [6, 6.07) is 7.74. The molecule has 0 aliphatic heterocycles. The van der Waals surface area contributed by atoms with Gasteiger partial charge in [0.2, 0.25) is 0 Å². The molecule has 0 fully saturated rings. The third-order valence-corrected chi connectivity index (χ3v) is 3.76. The molecule has 1 unspecified atom stereocenters. The first kappa shape index (κ1) is 14.0. The molecule has 19 heavy (non-hydrogen) atoms. The van der Waals surface area contributed by atoms with Gasteiger partial charge in [0, 0.05) is 0 Å². The number of halogens is 3. The van der Waals surface area contributed by atoms with Crippen LogP contribution >= 0.6 is 11.6 Å². The van der Waals surface area contributed by atoms with Gasteiger partial charge >= 0.3 is 0 Å². The van der Waals surface area contributed by atoms with Crippen LogP contribution in [0, 0.1) is 32.4 Å². The van der Waals surface area contributed by atoms with E-state index in [0.717, 1.165) is 22.3 Å². The summed E-state index contributed by atoms with van der Waals surface area (Å²) in [5.74, 6) is -0.516. The molecule has 3 heteroatoms. The van der Waals surface area contributed by atoms with Crippen LogP contribution in [0.15, 0.2) is 30.3 Å². The molecule has 1 atom stereocenters. The molecule has 0 spiro atoms. The Bertz CT molecular complexity index is 597. The highest BCUT2D eigenvalue weighted by Crippen LogP contribution is 2.34. The van der Waals surface area contributed by atoms with E-state index in [-0.39, 0.29) is 11.6 Å². The molecule has 0 N–H and O–H groups in total. The highest BCUT2D eigenvalue weighted by atomic mass is 35.5. The van der Waals surface area contributed by atoms with Crippen molar-refractivity contribution in [3.05, 3.63) is 69.8 Å². The van der Waals surface area contributed by atoms with Gasteiger partial charge in [-0.3, -0.25) is 0 Å². The Kier molecular flexibility index (Phi) is 3.91. The molecule has 0 aliphatic rings. The molecular weight excluding hydrogens is 266 g/mol. The van der Waals surface area contributed by atoms with E-state index in [1.54, 1.807) is 19.1 Å². The summed E-state index contributed by atoms with van der Waals surface area (Å²) >= 11 is 6.47. The van der Waals surface area contributed by atoms with Crippen molar-refractivity contribution in [2.24, 2.45) is 0 Å². The summed E-state index contributed by atoms with van der Waals surface area (Å²) in [4.78, 5) is 0.